The summed E-state index contributed by atoms with van der Waals surface area (Å²) in [5.41, 5.74) is 30.7. The van der Waals surface area contributed by atoms with Gasteiger partial charge in [0, 0.05) is 65.8 Å². The molecule has 0 unspecified atom stereocenters. The Kier molecular flexibility index (Phi) is 15.9. The van der Waals surface area contributed by atoms with Gasteiger partial charge in [-0.15, -0.1) is 0 Å². The van der Waals surface area contributed by atoms with Crippen molar-refractivity contribution in [2.24, 2.45) is 0 Å². The second kappa shape index (κ2) is 26.9. The highest BCUT2D eigenvalue weighted by Crippen LogP contribution is 2.58. The van der Waals surface area contributed by atoms with Crippen LogP contribution in [0.15, 0.2) is 336 Å². The van der Waals surface area contributed by atoms with Gasteiger partial charge in [-0.25, -0.2) is 29.9 Å². The molecule has 0 aliphatic heterocycles. The molecule has 0 N–H and O–H groups in total. The van der Waals surface area contributed by atoms with Gasteiger partial charge in [0.15, 0.2) is 34.9 Å². The van der Waals surface area contributed by atoms with Gasteiger partial charge in [0.25, 0.3) is 0 Å². The van der Waals surface area contributed by atoms with Crippen LogP contribution in [0, 0.1) is 0 Å². The van der Waals surface area contributed by atoms with E-state index < -0.39 is 0 Å². The predicted molar refractivity (Wildman–Crippen MR) is 447 cm³/mol. The number of para-hydroxylation sites is 2. The summed E-state index contributed by atoms with van der Waals surface area (Å²) in [6.45, 7) is 0. The lowest BCUT2D eigenvalue weighted by Crippen LogP contribution is -2.28. The quantitative estimate of drug-likeness (QED) is 0.133. The lowest BCUT2D eigenvalue weighted by Gasteiger charge is -2.36. The van der Waals surface area contributed by atoms with E-state index in [4.69, 9.17) is 38.7 Å². The predicted octanol–water partition coefficient (Wildman–Crippen LogP) is 26.7. The van der Waals surface area contributed by atoms with Crippen LogP contribution in [-0.4, -0.2) is 29.9 Å². The van der Waals surface area contributed by atoms with Gasteiger partial charge >= 0.3 is 0 Å². The first-order valence-electron chi connectivity index (χ1n) is 38.8. The molecule has 4 aliphatic carbocycles. The largest absolute Gasteiger partial charge is 0.456 e. The normalized spacial score (nSPS) is 14.3. The fraction of sp³-hybridized carbons (Fsp3) is 0.118. The fourth-order valence-corrected chi connectivity index (χ4v) is 18.6. The maximum atomic E-state index is 6.22. The third kappa shape index (κ3) is 11.3. The molecule has 8 nitrogen and oxygen atoms in total. The third-order valence-electron chi connectivity index (χ3n) is 23.9. The summed E-state index contributed by atoms with van der Waals surface area (Å²) < 4.78 is 12.3. The maximum absolute atomic E-state index is 6.22. The fourth-order valence-electron chi connectivity index (χ4n) is 18.6. The topological polar surface area (TPSA) is 104 Å². The van der Waals surface area contributed by atoms with Crippen LogP contribution in [0.5, 0.6) is 0 Å². The van der Waals surface area contributed by atoms with E-state index in [-0.39, 0.29) is 10.8 Å². The molecule has 524 valence electrons. The lowest BCUT2D eigenvalue weighted by atomic mass is 9.67. The zero-order valence-corrected chi connectivity index (χ0v) is 60.7. The first-order chi connectivity index (χ1) is 54.4. The van der Waals surface area contributed by atoms with Crippen molar-refractivity contribution in [1.29, 1.82) is 0 Å². The van der Waals surface area contributed by atoms with Crippen molar-refractivity contribution in [3.63, 3.8) is 0 Å². The molecule has 18 aromatic rings. The van der Waals surface area contributed by atoms with E-state index >= 15 is 0 Å². The van der Waals surface area contributed by atoms with Crippen molar-refractivity contribution >= 4 is 43.9 Å². The molecule has 0 saturated heterocycles. The molecule has 0 radical (unpaired) electrons. The first kappa shape index (κ1) is 65.0. The maximum Gasteiger partial charge on any atom is 0.164 e. The summed E-state index contributed by atoms with van der Waals surface area (Å²) in [4.78, 5) is 30.2. The number of nitrogens with zero attached hydrogens (tertiary/aromatic N) is 6. The van der Waals surface area contributed by atoms with E-state index in [1.165, 1.54) is 142 Å². The molecule has 22 rings (SSSR count). The lowest BCUT2D eigenvalue weighted by molar-refractivity contribution is 0.353. The Labute approximate surface area is 638 Å². The van der Waals surface area contributed by atoms with E-state index in [2.05, 4.69) is 206 Å². The van der Waals surface area contributed by atoms with Crippen LogP contribution < -0.4 is 0 Å². The van der Waals surface area contributed by atoms with Crippen LogP contribution in [0.4, 0.5) is 0 Å². The summed E-state index contributed by atoms with van der Waals surface area (Å²) >= 11 is 0. The van der Waals surface area contributed by atoms with Gasteiger partial charge < -0.3 is 8.83 Å². The minimum absolute atomic E-state index is 0.141. The highest BCUT2D eigenvalue weighted by molar-refractivity contribution is 6.12. The van der Waals surface area contributed by atoms with Crippen LogP contribution in [-0.2, 0) is 10.8 Å². The van der Waals surface area contributed by atoms with E-state index in [9.17, 15) is 0 Å². The molecule has 2 spiro atoms. The van der Waals surface area contributed by atoms with E-state index in [0.717, 1.165) is 88.4 Å². The van der Waals surface area contributed by atoms with Gasteiger partial charge in [0.2, 0.25) is 0 Å². The molecular formula is C102H74N6O2. The van der Waals surface area contributed by atoms with Gasteiger partial charge in [-0.05, 0) is 175 Å². The number of benzene rings is 14. The summed E-state index contributed by atoms with van der Waals surface area (Å²) in [5, 5.41) is 4.17. The summed E-state index contributed by atoms with van der Waals surface area (Å²) in [7, 11) is 0. The number of hydrogen-bond donors (Lipinski definition) is 0. The van der Waals surface area contributed by atoms with Crippen LogP contribution >= 0.6 is 0 Å². The second-order valence-electron chi connectivity index (χ2n) is 30.1. The molecule has 2 saturated carbocycles. The van der Waals surface area contributed by atoms with Gasteiger partial charge in [-0.3, -0.25) is 0 Å². The third-order valence-corrected chi connectivity index (χ3v) is 23.9. The minimum Gasteiger partial charge on any atom is -0.456 e. The van der Waals surface area contributed by atoms with Crippen LogP contribution in [0.25, 0.3) is 179 Å². The van der Waals surface area contributed by atoms with Crippen molar-refractivity contribution in [1.82, 2.24) is 29.9 Å². The summed E-state index contributed by atoms with van der Waals surface area (Å²) in [6.07, 6.45) is 12.8. The Morgan fingerprint density at radius 1 is 0.191 bits per heavy atom. The van der Waals surface area contributed by atoms with E-state index in [1.54, 1.807) is 0 Å². The Morgan fingerprint density at radius 3 is 1.04 bits per heavy atom. The average Bonchev–Trinajstić information content (AvgIpc) is 1.56. The van der Waals surface area contributed by atoms with E-state index in [1.807, 2.05) is 121 Å². The molecule has 14 aromatic carbocycles. The molecule has 8 heteroatoms. The van der Waals surface area contributed by atoms with Crippen molar-refractivity contribution in [3.8, 4) is 135 Å². The molecular weight excluding hydrogens is 1340 g/mol. The zero-order valence-electron chi connectivity index (χ0n) is 60.7. The first-order valence-corrected chi connectivity index (χ1v) is 38.8. The second-order valence-corrected chi connectivity index (χ2v) is 30.1. The monoisotopic (exact) mass is 1410 g/mol. The minimum atomic E-state index is 0.141. The standard InChI is InChI=1S/2C51H37N3O/c1-3-13-34(14-4-1)48-52-49(54-50(53-48)42-19-12-22-46-47(42)41-18-6-8-21-45(41)55-46)35-25-23-33(24-26-35)36-15-11-16-37(31-36)38-27-28-40-39-17-5-7-20-43(39)51(44(40)32-38)29-9-2-10-30-51;1-3-12-34(13-4-1)48-52-49(54-50(53-48)39-25-27-47-43(31-39)42-17-6-8-19-46(42)55-47)35-22-20-33(21-23-35)36-14-11-15-37(30-36)38-24-26-41-40-16-5-7-18-44(40)51(45(41)32-38)28-9-2-10-29-51/h1,3-8,11-28,31-32H,2,9-10,29-30H2;1,3-8,11-27,30-32H,2,9-10,28-29H2. The highest BCUT2D eigenvalue weighted by atomic mass is 16.3. The summed E-state index contributed by atoms with van der Waals surface area (Å²) in [5.74, 6) is 3.78. The van der Waals surface area contributed by atoms with E-state index in [0.29, 0.717) is 34.9 Å². The van der Waals surface area contributed by atoms with Crippen molar-refractivity contribution in [2.45, 2.75) is 75.0 Å². The van der Waals surface area contributed by atoms with Crippen molar-refractivity contribution < 1.29 is 8.83 Å². The van der Waals surface area contributed by atoms with Crippen LogP contribution in [0.3, 0.4) is 0 Å². The molecule has 0 bridgehead atoms. The van der Waals surface area contributed by atoms with Crippen molar-refractivity contribution in [3.05, 3.63) is 350 Å². The summed E-state index contributed by atoms with van der Waals surface area (Å²) in [6, 6.07) is 117. The molecule has 4 heterocycles. The Hall–Kier alpha value is -13.3. The van der Waals surface area contributed by atoms with Gasteiger partial charge in [-0.1, -0.05) is 305 Å². The molecule has 110 heavy (non-hydrogen) atoms. The van der Waals surface area contributed by atoms with Gasteiger partial charge in [0.05, 0.1) is 0 Å². The number of fused-ring (bicyclic) bond motifs is 16. The zero-order chi connectivity index (χ0) is 72.7. The molecule has 0 atom stereocenters. The molecule has 4 aliphatic rings. The van der Waals surface area contributed by atoms with Gasteiger partial charge in [-0.2, -0.15) is 0 Å². The SMILES string of the molecule is c1ccc(-c2nc(-c3ccc(-c4cccc(-c5ccc6c(c5)C5(CCCCC5)c5ccccc5-6)c4)cc3)nc(-c3ccc4oc5ccccc5c4c3)n2)cc1.c1ccc(-c2nc(-c3ccc(-c4cccc(-c5ccc6c(c5)C5(CCCCC5)c5ccccc5-6)c4)cc3)nc(-c3cccc4oc5ccccc5c34)n2)cc1. The molecule has 2 fully saturated rings. The number of hydrogen-bond acceptors (Lipinski definition) is 8. The number of aromatic nitrogens is 6. The molecule has 0 amide bonds. The Balaban J connectivity index is 0.000000140. The Bertz CT molecular complexity index is 6600. The van der Waals surface area contributed by atoms with Crippen molar-refractivity contribution in [2.75, 3.05) is 0 Å². The molecule has 4 aromatic heterocycles. The van der Waals surface area contributed by atoms with Crippen LogP contribution in [0.2, 0.25) is 0 Å². The highest BCUT2D eigenvalue weighted by Gasteiger charge is 2.45. The average molecular weight is 1420 g/mol. The number of furan rings is 2. The smallest absolute Gasteiger partial charge is 0.164 e. The number of rotatable bonds is 10. The Morgan fingerprint density at radius 2 is 0.518 bits per heavy atom. The van der Waals surface area contributed by atoms with Gasteiger partial charge in [0.1, 0.15) is 22.3 Å². The van der Waals surface area contributed by atoms with Crippen LogP contribution in [0.1, 0.15) is 86.5 Å².